The zero-order valence-electron chi connectivity index (χ0n) is 11.3. The number of ether oxygens (including phenoxy) is 2. The monoisotopic (exact) mass is 269 g/mol. The molecule has 0 bridgehead atoms. The summed E-state index contributed by atoms with van der Waals surface area (Å²) < 4.78 is 10.5. The van der Waals surface area contributed by atoms with Gasteiger partial charge in [0.15, 0.2) is 11.4 Å². The molecule has 1 atom stereocenters. The van der Waals surface area contributed by atoms with E-state index in [1.54, 1.807) is 13.0 Å². The maximum Gasteiger partial charge on any atom is 0.358 e. The Labute approximate surface area is 112 Å². The van der Waals surface area contributed by atoms with Crippen LogP contribution < -0.4 is 4.74 Å². The van der Waals surface area contributed by atoms with Crippen molar-refractivity contribution < 1.29 is 24.5 Å². The van der Waals surface area contributed by atoms with E-state index in [2.05, 4.69) is 4.98 Å². The summed E-state index contributed by atoms with van der Waals surface area (Å²) in [5, 5.41) is 18.6. The molecular formula is C13H19NO5. The fourth-order valence-corrected chi connectivity index (χ4v) is 1.35. The highest BCUT2D eigenvalue weighted by Crippen LogP contribution is 2.17. The quantitative estimate of drug-likeness (QED) is 0.774. The van der Waals surface area contributed by atoms with Crippen LogP contribution in [0.25, 0.3) is 0 Å². The molecule has 0 aliphatic carbocycles. The Bertz CT molecular complexity index is 433. The van der Waals surface area contributed by atoms with E-state index in [9.17, 15) is 9.90 Å². The third-order valence-electron chi connectivity index (χ3n) is 2.25. The van der Waals surface area contributed by atoms with E-state index in [1.807, 2.05) is 13.8 Å². The molecule has 0 radical (unpaired) electrons. The molecule has 1 rings (SSSR count). The number of nitrogens with zero attached hydrogens (tertiary/aromatic N) is 1. The lowest BCUT2D eigenvalue weighted by Gasteiger charge is -2.15. The molecule has 1 unspecified atom stereocenters. The number of aromatic nitrogens is 1. The molecule has 106 valence electrons. The Morgan fingerprint density at radius 3 is 2.63 bits per heavy atom. The van der Waals surface area contributed by atoms with Crippen LogP contribution in [-0.4, -0.2) is 46.6 Å². The predicted octanol–water partition coefficient (Wildman–Crippen LogP) is 1.25. The molecule has 6 nitrogen and oxygen atoms in total. The number of pyridine rings is 1. The predicted molar refractivity (Wildman–Crippen MR) is 68.5 cm³/mol. The van der Waals surface area contributed by atoms with Gasteiger partial charge in [-0.25, -0.2) is 9.78 Å². The summed E-state index contributed by atoms with van der Waals surface area (Å²) in [4.78, 5) is 14.9. The summed E-state index contributed by atoms with van der Waals surface area (Å²) in [5.41, 5.74) is 0.436. The first-order valence-electron chi connectivity index (χ1n) is 6.03. The van der Waals surface area contributed by atoms with Crippen molar-refractivity contribution in [2.75, 3.05) is 13.2 Å². The van der Waals surface area contributed by atoms with Crippen molar-refractivity contribution in [3.05, 3.63) is 23.5 Å². The van der Waals surface area contributed by atoms with E-state index >= 15 is 0 Å². The third-order valence-corrected chi connectivity index (χ3v) is 2.25. The Balaban J connectivity index is 2.60. The van der Waals surface area contributed by atoms with E-state index < -0.39 is 12.1 Å². The molecule has 6 heteroatoms. The van der Waals surface area contributed by atoms with Crippen LogP contribution in [0.5, 0.6) is 5.75 Å². The zero-order valence-corrected chi connectivity index (χ0v) is 11.3. The van der Waals surface area contributed by atoms with Crippen molar-refractivity contribution in [3.8, 4) is 5.75 Å². The van der Waals surface area contributed by atoms with E-state index in [0.29, 0.717) is 5.69 Å². The number of aliphatic hydroxyl groups excluding tert-OH is 1. The SMILES string of the molecule is Cc1ccc(OCC(O)COC(C)C)c(C(=O)O)n1. The number of carboxylic acid groups (broad SMARTS) is 1. The average Bonchev–Trinajstić information content (AvgIpc) is 2.34. The van der Waals surface area contributed by atoms with Crippen molar-refractivity contribution in [2.24, 2.45) is 0 Å². The number of aliphatic hydroxyl groups is 1. The molecule has 1 aromatic rings. The van der Waals surface area contributed by atoms with Gasteiger partial charge in [0.1, 0.15) is 12.7 Å². The summed E-state index contributed by atoms with van der Waals surface area (Å²) in [7, 11) is 0. The Morgan fingerprint density at radius 1 is 1.37 bits per heavy atom. The average molecular weight is 269 g/mol. The second-order valence-corrected chi connectivity index (χ2v) is 4.45. The van der Waals surface area contributed by atoms with Crippen LogP contribution in [0.2, 0.25) is 0 Å². The van der Waals surface area contributed by atoms with E-state index in [-0.39, 0.29) is 30.8 Å². The normalized spacial score (nSPS) is 12.5. The number of aromatic carboxylic acids is 1. The Morgan fingerprint density at radius 2 is 2.05 bits per heavy atom. The van der Waals surface area contributed by atoms with E-state index in [1.165, 1.54) is 6.07 Å². The van der Waals surface area contributed by atoms with Gasteiger partial charge >= 0.3 is 5.97 Å². The summed E-state index contributed by atoms with van der Waals surface area (Å²) in [6.07, 6.45) is -0.796. The van der Waals surface area contributed by atoms with Crippen molar-refractivity contribution in [3.63, 3.8) is 0 Å². The fourth-order valence-electron chi connectivity index (χ4n) is 1.35. The molecule has 0 aromatic carbocycles. The number of rotatable bonds is 7. The molecule has 0 saturated carbocycles. The largest absolute Gasteiger partial charge is 0.488 e. The third kappa shape index (κ3) is 5.23. The zero-order chi connectivity index (χ0) is 14.4. The van der Waals surface area contributed by atoms with Crippen LogP contribution in [0, 0.1) is 6.92 Å². The number of aryl methyl sites for hydroxylation is 1. The first-order chi connectivity index (χ1) is 8.90. The summed E-state index contributed by atoms with van der Waals surface area (Å²) in [6, 6.07) is 3.18. The van der Waals surface area contributed by atoms with E-state index in [4.69, 9.17) is 14.6 Å². The van der Waals surface area contributed by atoms with Gasteiger partial charge in [0.2, 0.25) is 0 Å². The maximum atomic E-state index is 11.0. The van der Waals surface area contributed by atoms with Crippen molar-refractivity contribution in [2.45, 2.75) is 33.0 Å². The van der Waals surface area contributed by atoms with Crippen LogP contribution >= 0.6 is 0 Å². The molecule has 0 spiro atoms. The van der Waals surface area contributed by atoms with Gasteiger partial charge in [-0.05, 0) is 32.9 Å². The highest BCUT2D eigenvalue weighted by Gasteiger charge is 2.15. The fraction of sp³-hybridized carbons (Fsp3) is 0.538. The van der Waals surface area contributed by atoms with Gasteiger partial charge in [0.25, 0.3) is 0 Å². The maximum absolute atomic E-state index is 11.0. The minimum Gasteiger partial charge on any atom is -0.488 e. The lowest BCUT2D eigenvalue weighted by molar-refractivity contribution is -0.0125. The smallest absolute Gasteiger partial charge is 0.358 e. The molecule has 19 heavy (non-hydrogen) atoms. The molecular weight excluding hydrogens is 250 g/mol. The van der Waals surface area contributed by atoms with Gasteiger partial charge in [-0.3, -0.25) is 0 Å². The molecule has 0 amide bonds. The first kappa shape index (κ1) is 15.4. The Hall–Kier alpha value is -1.66. The molecule has 0 aliphatic rings. The molecule has 1 heterocycles. The van der Waals surface area contributed by atoms with E-state index in [0.717, 1.165) is 0 Å². The lowest BCUT2D eigenvalue weighted by atomic mass is 10.3. The van der Waals surface area contributed by atoms with Gasteiger partial charge in [-0.1, -0.05) is 0 Å². The van der Waals surface area contributed by atoms with Crippen LogP contribution in [0.3, 0.4) is 0 Å². The topological polar surface area (TPSA) is 88.9 Å². The van der Waals surface area contributed by atoms with Crippen LogP contribution in [0.15, 0.2) is 12.1 Å². The molecule has 2 N–H and O–H groups in total. The molecule has 0 fully saturated rings. The summed E-state index contributed by atoms with van der Waals surface area (Å²) in [6.45, 7) is 5.51. The molecule has 1 aromatic heterocycles. The van der Waals surface area contributed by atoms with Crippen molar-refractivity contribution >= 4 is 5.97 Å². The van der Waals surface area contributed by atoms with Crippen LogP contribution in [-0.2, 0) is 4.74 Å². The number of hydrogen-bond acceptors (Lipinski definition) is 5. The number of hydrogen-bond donors (Lipinski definition) is 2. The highest BCUT2D eigenvalue weighted by atomic mass is 16.5. The second-order valence-electron chi connectivity index (χ2n) is 4.45. The summed E-state index contributed by atoms with van der Waals surface area (Å²) in [5.74, 6) is -1.02. The highest BCUT2D eigenvalue weighted by molar-refractivity contribution is 5.88. The summed E-state index contributed by atoms with van der Waals surface area (Å²) >= 11 is 0. The number of carbonyl (C=O) groups is 1. The minimum atomic E-state index is -1.16. The number of carboxylic acids is 1. The molecule has 0 saturated heterocycles. The minimum absolute atomic E-state index is 0.0188. The van der Waals surface area contributed by atoms with Crippen molar-refractivity contribution in [1.82, 2.24) is 4.98 Å². The van der Waals surface area contributed by atoms with Crippen LogP contribution in [0.4, 0.5) is 0 Å². The standard InChI is InChI=1S/C13H19NO5/c1-8(2)18-6-10(15)7-19-11-5-4-9(3)14-12(11)13(16)17/h4-5,8,10,15H,6-7H2,1-3H3,(H,16,17). The van der Waals surface area contributed by atoms with Gasteiger partial charge in [0.05, 0.1) is 12.7 Å². The van der Waals surface area contributed by atoms with Crippen molar-refractivity contribution in [1.29, 1.82) is 0 Å². The molecule has 0 aliphatic heterocycles. The first-order valence-corrected chi connectivity index (χ1v) is 6.03. The van der Waals surface area contributed by atoms with Crippen LogP contribution in [0.1, 0.15) is 30.0 Å². The van der Waals surface area contributed by atoms with Gasteiger partial charge in [0, 0.05) is 5.69 Å². The van der Waals surface area contributed by atoms with Gasteiger partial charge < -0.3 is 19.7 Å². The lowest BCUT2D eigenvalue weighted by Crippen LogP contribution is -2.25. The van der Waals surface area contributed by atoms with Gasteiger partial charge in [-0.2, -0.15) is 0 Å². The second kappa shape index (κ2) is 7.06. The van der Waals surface area contributed by atoms with Gasteiger partial charge in [-0.15, -0.1) is 0 Å². The Kier molecular flexibility index (Phi) is 5.72.